The number of hydrogen-bond donors (Lipinski definition) is 2. The molecule has 0 saturated heterocycles. The Morgan fingerprint density at radius 3 is 2.55 bits per heavy atom. The summed E-state index contributed by atoms with van der Waals surface area (Å²) >= 11 is 0. The first-order valence-corrected chi connectivity index (χ1v) is 4.66. The third-order valence-electron chi connectivity index (χ3n) is 2.00. The molecule has 0 radical (unpaired) electrons. The van der Waals surface area contributed by atoms with Gasteiger partial charge in [0.1, 0.15) is 0 Å². The predicted octanol–water partition coefficient (Wildman–Crippen LogP) is 1.39. The Labute approximate surface area is 70.0 Å². The molecule has 0 heterocycles. The molecule has 68 valence electrons. The zero-order chi connectivity index (χ0) is 8.53. The Balaban J connectivity index is 3.20. The lowest BCUT2D eigenvalue weighted by molar-refractivity contribution is 0.285. The van der Waals surface area contributed by atoms with E-state index < -0.39 is 0 Å². The van der Waals surface area contributed by atoms with Gasteiger partial charge in [0.15, 0.2) is 0 Å². The van der Waals surface area contributed by atoms with Crippen LogP contribution in [0.5, 0.6) is 0 Å². The lowest BCUT2D eigenvalue weighted by Crippen LogP contribution is -2.25. The summed E-state index contributed by atoms with van der Waals surface area (Å²) in [5.41, 5.74) is 0. The fourth-order valence-corrected chi connectivity index (χ4v) is 1.24. The molecule has 0 aliphatic carbocycles. The summed E-state index contributed by atoms with van der Waals surface area (Å²) in [6.07, 6.45) is 3.81. The van der Waals surface area contributed by atoms with Crippen LogP contribution in [-0.4, -0.2) is 24.8 Å². The van der Waals surface area contributed by atoms with E-state index in [4.69, 9.17) is 5.11 Å². The van der Waals surface area contributed by atoms with Crippen LogP contribution in [0.4, 0.5) is 0 Å². The lowest BCUT2D eigenvalue weighted by Gasteiger charge is -2.13. The number of hydrogen-bond acceptors (Lipinski definition) is 2. The Morgan fingerprint density at radius 1 is 1.36 bits per heavy atom. The smallest absolute Gasteiger partial charge is 0.0555 e. The summed E-state index contributed by atoms with van der Waals surface area (Å²) in [6.45, 7) is 6.49. The highest BCUT2D eigenvalue weighted by Crippen LogP contribution is 2.08. The molecule has 0 aliphatic heterocycles. The van der Waals surface area contributed by atoms with E-state index in [0.717, 1.165) is 19.0 Å². The molecule has 2 nitrogen and oxygen atoms in total. The molecule has 0 unspecified atom stereocenters. The molecule has 0 bridgehead atoms. The summed E-state index contributed by atoms with van der Waals surface area (Å²) in [4.78, 5) is 0. The molecule has 0 aromatic heterocycles. The minimum atomic E-state index is 0.253. The van der Waals surface area contributed by atoms with Gasteiger partial charge in [0.25, 0.3) is 0 Å². The average molecular weight is 159 g/mol. The monoisotopic (exact) mass is 159 g/mol. The number of rotatable bonds is 7. The first kappa shape index (κ1) is 10.9. The van der Waals surface area contributed by atoms with E-state index in [0.29, 0.717) is 0 Å². The fraction of sp³-hybridized carbons (Fsp3) is 1.00. The predicted molar refractivity (Wildman–Crippen MR) is 48.6 cm³/mol. The van der Waals surface area contributed by atoms with Gasteiger partial charge in [-0.1, -0.05) is 26.7 Å². The highest BCUT2D eigenvalue weighted by Gasteiger charge is 2.02. The van der Waals surface area contributed by atoms with Crippen LogP contribution in [0, 0.1) is 5.92 Å². The first-order chi connectivity index (χ1) is 5.35. The number of aliphatic hydroxyl groups is 1. The van der Waals surface area contributed by atoms with E-state index in [9.17, 15) is 0 Å². The topological polar surface area (TPSA) is 32.3 Å². The van der Waals surface area contributed by atoms with E-state index in [-0.39, 0.29) is 6.61 Å². The number of nitrogens with one attached hydrogen (secondary N) is 1. The van der Waals surface area contributed by atoms with Crippen molar-refractivity contribution in [1.29, 1.82) is 0 Å². The van der Waals surface area contributed by atoms with Gasteiger partial charge in [0.2, 0.25) is 0 Å². The summed E-state index contributed by atoms with van der Waals surface area (Å²) in [6, 6.07) is 0. The van der Waals surface area contributed by atoms with Crippen molar-refractivity contribution in [3.63, 3.8) is 0 Å². The van der Waals surface area contributed by atoms with Crippen molar-refractivity contribution in [2.45, 2.75) is 33.1 Å². The van der Waals surface area contributed by atoms with Gasteiger partial charge in [-0.15, -0.1) is 0 Å². The van der Waals surface area contributed by atoms with Crippen molar-refractivity contribution in [2.24, 2.45) is 5.92 Å². The van der Waals surface area contributed by atoms with E-state index in [2.05, 4.69) is 19.2 Å². The van der Waals surface area contributed by atoms with E-state index >= 15 is 0 Å². The average Bonchev–Trinajstić information content (AvgIpc) is 2.03. The van der Waals surface area contributed by atoms with Crippen LogP contribution in [-0.2, 0) is 0 Å². The zero-order valence-electron chi connectivity index (χ0n) is 7.77. The molecular weight excluding hydrogens is 138 g/mol. The third-order valence-corrected chi connectivity index (χ3v) is 2.00. The minimum absolute atomic E-state index is 0.253. The largest absolute Gasteiger partial charge is 0.395 e. The summed E-state index contributed by atoms with van der Waals surface area (Å²) in [5, 5.41) is 11.7. The highest BCUT2D eigenvalue weighted by atomic mass is 16.3. The Morgan fingerprint density at radius 2 is 2.09 bits per heavy atom. The normalized spacial score (nSPS) is 13.4. The second-order valence-corrected chi connectivity index (χ2v) is 2.99. The standard InChI is InChI=1S/C9H21NO/c1-3-5-9(4-2)8-10-6-7-11/h9-11H,3-8H2,1-2H3/t9-/m0/s1. The van der Waals surface area contributed by atoms with Gasteiger partial charge < -0.3 is 10.4 Å². The van der Waals surface area contributed by atoms with Gasteiger partial charge in [-0.25, -0.2) is 0 Å². The van der Waals surface area contributed by atoms with Gasteiger partial charge in [0, 0.05) is 6.54 Å². The van der Waals surface area contributed by atoms with Crippen molar-refractivity contribution in [3.05, 3.63) is 0 Å². The van der Waals surface area contributed by atoms with Gasteiger partial charge in [-0.2, -0.15) is 0 Å². The zero-order valence-corrected chi connectivity index (χ0v) is 7.77. The first-order valence-electron chi connectivity index (χ1n) is 4.66. The van der Waals surface area contributed by atoms with Gasteiger partial charge in [-0.05, 0) is 18.9 Å². The van der Waals surface area contributed by atoms with E-state index in [1.165, 1.54) is 19.3 Å². The van der Waals surface area contributed by atoms with Crippen LogP contribution in [0.15, 0.2) is 0 Å². The molecule has 0 saturated carbocycles. The molecule has 0 fully saturated rings. The number of aliphatic hydroxyl groups excluding tert-OH is 1. The van der Waals surface area contributed by atoms with Crippen LogP contribution in [0.2, 0.25) is 0 Å². The maximum atomic E-state index is 8.52. The lowest BCUT2D eigenvalue weighted by atomic mass is 10.0. The molecule has 0 amide bonds. The molecule has 0 aromatic rings. The van der Waals surface area contributed by atoms with Gasteiger partial charge in [0.05, 0.1) is 6.61 Å². The van der Waals surface area contributed by atoms with Crippen molar-refractivity contribution >= 4 is 0 Å². The third kappa shape index (κ3) is 6.32. The molecule has 11 heavy (non-hydrogen) atoms. The van der Waals surface area contributed by atoms with Gasteiger partial charge >= 0.3 is 0 Å². The maximum absolute atomic E-state index is 8.52. The molecule has 0 rings (SSSR count). The Kier molecular flexibility index (Phi) is 7.96. The van der Waals surface area contributed by atoms with Crippen LogP contribution < -0.4 is 5.32 Å². The van der Waals surface area contributed by atoms with Crippen molar-refractivity contribution < 1.29 is 5.11 Å². The maximum Gasteiger partial charge on any atom is 0.0555 e. The molecule has 0 aromatic carbocycles. The second kappa shape index (κ2) is 8.02. The molecule has 2 N–H and O–H groups in total. The van der Waals surface area contributed by atoms with Crippen LogP contribution in [0.1, 0.15) is 33.1 Å². The van der Waals surface area contributed by atoms with E-state index in [1.807, 2.05) is 0 Å². The Bertz CT molecular complexity index is 76.0. The molecule has 0 spiro atoms. The molecule has 1 atom stereocenters. The molecule has 2 heteroatoms. The summed E-state index contributed by atoms with van der Waals surface area (Å²) < 4.78 is 0. The summed E-state index contributed by atoms with van der Waals surface area (Å²) in [7, 11) is 0. The van der Waals surface area contributed by atoms with Gasteiger partial charge in [-0.3, -0.25) is 0 Å². The van der Waals surface area contributed by atoms with Crippen LogP contribution >= 0.6 is 0 Å². The SMILES string of the molecule is CCC[C@H](CC)CNCCO. The fourth-order valence-electron chi connectivity index (χ4n) is 1.24. The quantitative estimate of drug-likeness (QED) is 0.550. The second-order valence-electron chi connectivity index (χ2n) is 2.99. The van der Waals surface area contributed by atoms with Crippen molar-refractivity contribution in [1.82, 2.24) is 5.32 Å². The summed E-state index contributed by atoms with van der Waals surface area (Å²) in [5.74, 6) is 0.798. The Hall–Kier alpha value is -0.0800. The van der Waals surface area contributed by atoms with Crippen LogP contribution in [0.25, 0.3) is 0 Å². The highest BCUT2D eigenvalue weighted by molar-refractivity contribution is 4.59. The molecular formula is C9H21NO. The molecule has 0 aliphatic rings. The van der Waals surface area contributed by atoms with Crippen molar-refractivity contribution in [3.8, 4) is 0 Å². The minimum Gasteiger partial charge on any atom is -0.395 e. The van der Waals surface area contributed by atoms with E-state index in [1.54, 1.807) is 0 Å². The van der Waals surface area contributed by atoms with Crippen molar-refractivity contribution in [2.75, 3.05) is 19.7 Å². The van der Waals surface area contributed by atoms with Crippen LogP contribution in [0.3, 0.4) is 0 Å².